The van der Waals surface area contributed by atoms with Gasteiger partial charge in [0.2, 0.25) is 0 Å². The van der Waals surface area contributed by atoms with E-state index >= 15 is 0 Å². The highest BCUT2D eigenvalue weighted by Crippen LogP contribution is 2.28. The van der Waals surface area contributed by atoms with Crippen LogP contribution in [0.4, 0.5) is 5.69 Å². The minimum Gasteiger partial charge on any atom is -0.271 e. The first-order valence-electron chi connectivity index (χ1n) is 11.2. The number of aryl methyl sites for hydroxylation is 3. The Morgan fingerprint density at radius 2 is 1.57 bits per heavy atom. The van der Waals surface area contributed by atoms with Gasteiger partial charge in [0, 0.05) is 5.56 Å². The Kier molecular flexibility index (Phi) is 6.98. The standard InChI is InChI=1S/C28H27N3O3S/c1-20-12-15-25(16-13-20)35(33,34)31(27-17-21(2)11-14-22(27)3)19-28(32)30-29-18-24-9-6-8-23-7-4-5-10-26(23)24/h4-18H,19H2,1-3H3,(H,30,32)/b29-18-. The van der Waals surface area contributed by atoms with Crippen molar-refractivity contribution in [3.63, 3.8) is 0 Å². The molecule has 0 atom stereocenters. The molecule has 0 radical (unpaired) electrons. The molecule has 0 fully saturated rings. The van der Waals surface area contributed by atoms with Crippen LogP contribution in [0.25, 0.3) is 10.8 Å². The van der Waals surface area contributed by atoms with E-state index in [9.17, 15) is 13.2 Å². The summed E-state index contributed by atoms with van der Waals surface area (Å²) in [6, 6.07) is 25.8. The molecule has 178 valence electrons. The van der Waals surface area contributed by atoms with Gasteiger partial charge in [-0.1, -0.05) is 72.3 Å². The summed E-state index contributed by atoms with van der Waals surface area (Å²) in [6.45, 7) is 5.19. The number of anilines is 1. The van der Waals surface area contributed by atoms with Gasteiger partial charge < -0.3 is 0 Å². The lowest BCUT2D eigenvalue weighted by Crippen LogP contribution is -2.40. The van der Waals surface area contributed by atoms with Crippen molar-refractivity contribution in [1.29, 1.82) is 0 Å². The first-order chi connectivity index (χ1) is 16.8. The highest BCUT2D eigenvalue weighted by molar-refractivity contribution is 7.92. The predicted octanol–water partition coefficient (Wildman–Crippen LogP) is 5.11. The van der Waals surface area contributed by atoms with Crippen LogP contribution in [0.15, 0.2) is 94.9 Å². The molecule has 0 bridgehead atoms. The van der Waals surface area contributed by atoms with E-state index in [-0.39, 0.29) is 4.90 Å². The molecule has 4 aromatic rings. The average molecular weight is 486 g/mol. The molecular weight excluding hydrogens is 458 g/mol. The van der Waals surface area contributed by atoms with Crippen LogP contribution in [0.5, 0.6) is 0 Å². The van der Waals surface area contributed by atoms with Crippen LogP contribution in [-0.2, 0) is 14.8 Å². The van der Waals surface area contributed by atoms with E-state index in [0.29, 0.717) is 5.69 Å². The molecule has 0 spiro atoms. The molecule has 0 heterocycles. The van der Waals surface area contributed by atoms with Crippen molar-refractivity contribution >= 4 is 38.6 Å². The molecule has 0 aromatic heterocycles. The Labute approximate surface area is 206 Å². The number of hydrazone groups is 1. The van der Waals surface area contributed by atoms with Crippen LogP contribution in [-0.4, -0.2) is 27.1 Å². The molecule has 4 rings (SSSR count). The molecule has 0 unspecified atom stereocenters. The monoisotopic (exact) mass is 485 g/mol. The van der Waals surface area contributed by atoms with Gasteiger partial charge >= 0.3 is 0 Å². The van der Waals surface area contributed by atoms with Gasteiger partial charge in [0.1, 0.15) is 6.54 Å². The molecule has 7 heteroatoms. The zero-order valence-corrected chi connectivity index (χ0v) is 20.7. The van der Waals surface area contributed by atoms with Crippen molar-refractivity contribution in [3.8, 4) is 0 Å². The fourth-order valence-corrected chi connectivity index (χ4v) is 5.31. The number of nitrogens with one attached hydrogen (secondary N) is 1. The van der Waals surface area contributed by atoms with Crippen LogP contribution in [0, 0.1) is 20.8 Å². The van der Waals surface area contributed by atoms with Gasteiger partial charge in [-0.15, -0.1) is 0 Å². The number of hydrogen-bond acceptors (Lipinski definition) is 4. The lowest BCUT2D eigenvalue weighted by molar-refractivity contribution is -0.119. The van der Waals surface area contributed by atoms with Gasteiger partial charge in [0.05, 0.1) is 16.8 Å². The second-order valence-electron chi connectivity index (χ2n) is 8.48. The van der Waals surface area contributed by atoms with Gasteiger partial charge in [-0.05, 0) is 60.9 Å². The number of benzene rings is 4. The molecule has 1 N–H and O–H groups in total. The molecule has 35 heavy (non-hydrogen) atoms. The highest BCUT2D eigenvalue weighted by atomic mass is 32.2. The van der Waals surface area contributed by atoms with Crippen molar-refractivity contribution in [3.05, 3.63) is 107 Å². The summed E-state index contributed by atoms with van der Waals surface area (Å²) >= 11 is 0. The largest absolute Gasteiger partial charge is 0.271 e. The highest BCUT2D eigenvalue weighted by Gasteiger charge is 2.28. The van der Waals surface area contributed by atoms with E-state index in [1.54, 1.807) is 36.5 Å². The number of rotatable bonds is 7. The molecule has 0 aliphatic carbocycles. The summed E-state index contributed by atoms with van der Waals surface area (Å²) in [5.74, 6) is -0.543. The van der Waals surface area contributed by atoms with Gasteiger partial charge in [-0.3, -0.25) is 9.10 Å². The zero-order chi connectivity index (χ0) is 25.0. The maximum atomic E-state index is 13.6. The van der Waals surface area contributed by atoms with E-state index in [0.717, 1.165) is 37.3 Å². The van der Waals surface area contributed by atoms with E-state index in [1.165, 1.54) is 0 Å². The first kappa shape index (κ1) is 24.2. The fraction of sp³-hybridized carbons (Fsp3) is 0.143. The molecule has 6 nitrogen and oxygen atoms in total. The van der Waals surface area contributed by atoms with Gasteiger partial charge in [0.15, 0.2) is 0 Å². The lowest BCUT2D eigenvalue weighted by atomic mass is 10.1. The predicted molar refractivity (Wildman–Crippen MR) is 141 cm³/mol. The number of amides is 1. The first-order valence-corrected chi connectivity index (χ1v) is 12.7. The Morgan fingerprint density at radius 1 is 0.886 bits per heavy atom. The van der Waals surface area contributed by atoms with E-state index < -0.39 is 22.5 Å². The van der Waals surface area contributed by atoms with E-state index in [2.05, 4.69) is 10.5 Å². The molecule has 0 aliphatic rings. The topological polar surface area (TPSA) is 78.8 Å². The Morgan fingerprint density at radius 3 is 2.34 bits per heavy atom. The molecule has 1 amide bonds. The third-order valence-corrected chi connectivity index (χ3v) is 7.52. The van der Waals surface area contributed by atoms with Gasteiger partial charge in [0.25, 0.3) is 15.9 Å². The Balaban J connectivity index is 1.61. The summed E-state index contributed by atoms with van der Waals surface area (Å²) in [7, 11) is -3.99. The second-order valence-corrected chi connectivity index (χ2v) is 10.3. The fourth-order valence-electron chi connectivity index (χ4n) is 3.83. The smallest absolute Gasteiger partial charge is 0.264 e. The number of hydrogen-bond donors (Lipinski definition) is 1. The number of carbonyl (C=O) groups excluding carboxylic acids is 1. The quantitative estimate of drug-likeness (QED) is 0.292. The molecule has 4 aromatic carbocycles. The Hall–Kier alpha value is -3.97. The normalized spacial score (nSPS) is 11.6. The summed E-state index contributed by atoms with van der Waals surface area (Å²) < 4.78 is 28.3. The molecule has 0 aliphatic heterocycles. The SMILES string of the molecule is Cc1ccc(S(=O)(=O)N(CC(=O)N/N=C\c2cccc3ccccc23)c2cc(C)ccc2C)cc1. The van der Waals surface area contributed by atoms with Crippen molar-refractivity contribution in [2.45, 2.75) is 25.7 Å². The Bertz CT molecular complexity index is 1510. The van der Waals surface area contributed by atoms with Crippen LogP contribution in [0.2, 0.25) is 0 Å². The van der Waals surface area contributed by atoms with Crippen LogP contribution < -0.4 is 9.73 Å². The maximum Gasteiger partial charge on any atom is 0.264 e. The third kappa shape index (κ3) is 5.41. The van der Waals surface area contributed by atoms with E-state index in [4.69, 9.17) is 0 Å². The summed E-state index contributed by atoms with van der Waals surface area (Å²) in [5.41, 5.74) is 6.38. The zero-order valence-electron chi connectivity index (χ0n) is 19.9. The third-order valence-electron chi connectivity index (χ3n) is 5.75. The lowest BCUT2D eigenvalue weighted by Gasteiger charge is -2.25. The van der Waals surface area contributed by atoms with Crippen LogP contribution >= 0.6 is 0 Å². The number of nitrogens with zero attached hydrogens (tertiary/aromatic N) is 2. The van der Waals surface area contributed by atoms with Crippen molar-refractivity contribution in [1.82, 2.24) is 5.43 Å². The second kappa shape index (κ2) is 10.1. The average Bonchev–Trinajstić information content (AvgIpc) is 2.84. The number of carbonyl (C=O) groups is 1. The van der Waals surface area contributed by atoms with Crippen molar-refractivity contribution in [2.75, 3.05) is 10.8 Å². The molecule has 0 saturated carbocycles. The summed E-state index contributed by atoms with van der Waals surface area (Å²) in [6.07, 6.45) is 1.57. The van der Waals surface area contributed by atoms with Crippen molar-refractivity contribution in [2.24, 2.45) is 5.10 Å². The van der Waals surface area contributed by atoms with Crippen LogP contribution in [0.1, 0.15) is 22.3 Å². The van der Waals surface area contributed by atoms with Gasteiger partial charge in [-0.2, -0.15) is 5.10 Å². The summed E-state index contributed by atoms with van der Waals surface area (Å²) in [5, 5.41) is 6.17. The van der Waals surface area contributed by atoms with Crippen molar-refractivity contribution < 1.29 is 13.2 Å². The summed E-state index contributed by atoms with van der Waals surface area (Å²) in [4.78, 5) is 13.0. The van der Waals surface area contributed by atoms with Crippen LogP contribution in [0.3, 0.4) is 0 Å². The number of fused-ring (bicyclic) bond motifs is 1. The number of sulfonamides is 1. The maximum absolute atomic E-state index is 13.6. The minimum absolute atomic E-state index is 0.121. The molecular formula is C28H27N3O3S. The molecule has 0 saturated heterocycles. The van der Waals surface area contributed by atoms with E-state index in [1.807, 2.05) is 75.4 Å². The minimum atomic E-state index is -3.99. The van der Waals surface area contributed by atoms with Gasteiger partial charge in [-0.25, -0.2) is 13.8 Å².